The highest BCUT2D eigenvalue weighted by Gasteiger charge is 2.33. The average molecular weight is 417 g/mol. The first-order chi connectivity index (χ1) is 14.4. The number of nitriles is 1. The second-order valence-corrected chi connectivity index (χ2v) is 7.21. The summed E-state index contributed by atoms with van der Waals surface area (Å²) < 4.78 is 20.0. The summed E-state index contributed by atoms with van der Waals surface area (Å²) in [7, 11) is 0. The number of benzene rings is 1. The van der Waals surface area contributed by atoms with Crippen molar-refractivity contribution in [3.05, 3.63) is 35.7 Å². The summed E-state index contributed by atoms with van der Waals surface area (Å²) in [5, 5.41) is 20.1. The Morgan fingerprint density at radius 3 is 2.83 bits per heavy atom. The predicted molar refractivity (Wildman–Crippen MR) is 107 cm³/mol. The van der Waals surface area contributed by atoms with Gasteiger partial charge in [0.2, 0.25) is 5.91 Å². The van der Waals surface area contributed by atoms with Crippen LogP contribution in [0.15, 0.2) is 29.8 Å². The molecule has 0 aliphatic carbocycles. The van der Waals surface area contributed by atoms with Gasteiger partial charge in [-0.25, -0.2) is 9.18 Å². The van der Waals surface area contributed by atoms with E-state index in [1.54, 1.807) is 18.2 Å². The number of nitrogens with two attached hydrogens (primary N) is 1. The molecule has 9 nitrogen and oxygen atoms in total. The number of carbonyl (C=O) groups excluding carboxylic acids is 2. The van der Waals surface area contributed by atoms with Crippen molar-refractivity contribution in [2.24, 2.45) is 5.73 Å². The van der Waals surface area contributed by atoms with Gasteiger partial charge in [-0.2, -0.15) is 5.26 Å². The molecule has 0 aromatic heterocycles. The normalized spacial score (nSPS) is 19.9. The minimum Gasteiger partial charge on any atom is -0.442 e. The van der Waals surface area contributed by atoms with Gasteiger partial charge < -0.3 is 25.8 Å². The van der Waals surface area contributed by atoms with Crippen LogP contribution in [-0.2, 0) is 9.53 Å². The lowest BCUT2D eigenvalue weighted by Gasteiger charge is -2.30. The first kappa shape index (κ1) is 21.5. The highest BCUT2D eigenvalue weighted by atomic mass is 19.1. The number of aliphatic hydroxyl groups is 1. The topological polar surface area (TPSA) is 132 Å². The number of nitrogens with zero attached hydrogens (tertiary/aromatic N) is 3. The average Bonchev–Trinajstić information content (AvgIpc) is 3.12. The molecular formula is C20H24FN5O4. The van der Waals surface area contributed by atoms with Crippen molar-refractivity contribution in [2.75, 3.05) is 42.6 Å². The van der Waals surface area contributed by atoms with Crippen LogP contribution in [0.2, 0.25) is 0 Å². The van der Waals surface area contributed by atoms with Crippen molar-refractivity contribution >= 4 is 23.4 Å². The quantitative estimate of drug-likeness (QED) is 0.579. The maximum atomic E-state index is 14.8. The molecule has 2 atom stereocenters. The number of aliphatic hydroxyl groups excluding tert-OH is 1. The van der Waals surface area contributed by atoms with Crippen LogP contribution in [0.1, 0.15) is 12.8 Å². The van der Waals surface area contributed by atoms with Gasteiger partial charge in [0.05, 0.1) is 37.1 Å². The molecule has 3 rings (SSSR count). The third kappa shape index (κ3) is 4.87. The first-order valence-electron chi connectivity index (χ1n) is 9.67. The second kappa shape index (κ2) is 9.56. The Bertz CT molecular complexity index is 874. The van der Waals surface area contributed by atoms with E-state index < -0.39 is 36.6 Å². The van der Waals surface area contributed by atoms with Crippen LogP contribution >= 0.6 is 0 Å². The van der Waals surface area contributed by atoms with Crippen LogP contribution in [0.3, 0.4) is 0 Å². The summed E-state index contributed by atoms with van der Waals surface area (Å²) in [4.78, 5) is 27.0. The summed E-state index contributed by atoms with van der Waals surface area (Å²) in [6.45, 7) is 0.946. The van der Waals surface area contributed by atoms with E-state index in [0.717, 1.165) is 5.57 Å². The van der Waals surface area contributed by atoms with Crippen molar-refractivity contribution < 1.29 is 23.8 Å². The van der Waals surface area contributed by atoms with Crippen LogP contribution in [0.5, 0.6) is 0 Å². The highest BCUT2D eigenvalue weighted by Crippen LogP contribution is 2.30. The van der Waals surface area contributed by atoms with E-state index in [1.165, 1.54) is 11.0 Å². The minimum absolute atomic E-state index is 0.0433. The maximum Gasteiger partial charge on any atom is 0.414 e. The molecule has 2 amide bonds. The SMILES string of the molecule is N#CC=C1CCN(c2ccc(N3CC(CNC(=O)[C@@H](N)CO)OC3=O)cc2F)CC1. The van der Waals surface area contributed by atoms with Gasteiger partial charge in [0.25, 0.3) is 0 Å². The zero-order valence-electron chi connectivity index (χ0n) is 16.4. The van der Waals surface area contributed by atoms with Gasteiger partial charge >= 0.3 is 6.09 Å². The lowest BCUT2D eigenvalue weighted by atomic mass is 10.0. The van der Waals surface area contributed by atoms with Gasteiger partial charge in [-0.15, -0.1) is 0 Å². The van der Waals surface area contributed by atoms with E-state index in [1.807, 2.05) is 11.0 Å². The number of hydrogen-bond acceptors (Lipinski definition) is 7. The molecule has 160 valence electrons. The van der Waals surface area contributed by atoms with Gasteiger partial charge in [-0.05, 0) is 31.0 Å². The monoisotopic (exact) mass is 417 g/mol. The Labute approximate surface area is 173 Å². The van der Waals surface area contributed by atoms with Crippen LogP contribution in [0.4, 0.5) is 20.6 Å². The summed E-state index contributed by atoms with van der Waals surface area (Å²) in [6.07, 6.45) is 1.73. The number of nitrogens with one attached hydrogen (secondary N) is 1. The van der Waals surface area contributed by atoms with E-state index in [0.29, 0.717) is 37.3 Å². The van der Waals surface area contributed by atoms with Crippen molar-refractivity contribution in [3.63, 3.8) is 0 Å². The number of amides is 2. The van der Waals surface area contributed by atoms with Crippen molar-refractivity contribution in [1.29, 1.82) is 5.26 Å². The molecule has 2 aliphatic heterocycles. The van der Waals surface area contributed by atoms with Crippen molar-refractivity contribution in [1.82, 2.24) is 5.32 Å². The fourth-order valence-corrected chi connectivity index (χ4v) is 3.46. The predicted octanol–water partition coefficient (Wildman–Crippen LogP) is 0.637. The number of rotatable bonds is 6. The van der Waals surface area contributed by atoms with Gasteiger partial charge in [0, 0.05) is 19.2 Å². The van der Waals surface area contributed by atoms with E-state index >= 15 is 0 Å². The van der Waals surface area contributed by atoms with E-state index in [-0.39, 0.29) is 13.1 Å². The summed E-state index contributed by atoms with van der Waals surface area (Å²) >= 11 is 0. The molecule has 2 heterocycles. The molecule has 0 radical (unpaired) electrons. The third-order valence-electron chi connectivity index (χ3n) is 5.17. The van der Waals surface area contributed by atoms with Gasteiger partial charge in [-0.3, -0.25) is 9.69 Å². The molecule has 0 spiro atoms. The lowest BCUT2D eigenvalue weighted by Crippen LogP contribution is -2.45. The first-order valence-corrected chi connectivity index (χ1v) is 9.67. The Morgan fingerprint density at radius 1 is 1.47 bits per heavy atom. The molecule has 0 bridgehead atoms. The number of piperidine rings is 1. The van der Waals surface area contributed by atoms with Gasteiger partial charge in [-0.1, -0.05) is 5.57 Å². The summed E-state index contributed by atoms with van der Waals surface area (Å²) in [6, 6.07) is 5.57. The fourth-order valence-electron chi connectivity index (χ4n) is 3.46. The third-order valence-corrected chi connectivity index (χ3v) is 5.17. The van der Waals surface area contributed by atoms with Gasteiger partial charge in [0.1, 0.15) is 18.0 Å². The molecule has 10 heteroatoms. The number of ether oxygens (including phenoxy) is 1. The number of carbonyl (C=O) groups is 2. The number of hydrogen-bond donors (Lipinski definition) is 3. The van der Waals surface area contributed by atoms with E-state index in [9.17, 15) is 14.0 Å². The summed E-state index contributed by atoms with van der Waals surface area (Å²) in [5.74, 6) is -0.990. The van der Waals surface area contributed by atoms with Crippen molar-refractivity contribution in [3.8, 4) is 6.07 Å². The molecular weight excluding hydrogens is 393 g/mol. The zero-order valence-corrected chi connectivity index (χ0v) is 16.4. The standard InChI is InChI=1S/C20H24FN5O4/c21-16-9-14(1-2-18(16)25-7-4-13(3-6-22)5-8-25)26-11-15(30-20(26)29)10-24-19(28)17(23)12-27/h1-3,9,15,17,27H,4-5,7-8,10-12,23H2,(H,24,28)/t15?,17-/m0/s1. The van der Waals surface area contributed by atoms with E-state index in [2.05, 4.69) is 5.32 Å². The number of halogens is 1. The second-order valence-electron chi connectivity index (χ2n) is 7.21. The Morgan fingerprint density at radius 2 is 2.20 bits per heavy atom. The minimum atomic E-state index is -1.04. The maximum absolute atomic E-state index is 14.8. The molecule has 30 heavy (non-hydrogen) atoms. The molecule has 4 N–H and O–H groups in total. The molecule has 2 fully saturated rings. The zero-order chi connectivity index (χ0) is 21.7. The van der Waals surface area contributed by atoms with Crippen LogP contribution < -0.4 is 20.9 Å². The smallest absolute Gasteiger partial charge is 0.414 e. The highest BCUT2D eigenvalue weighted by molar-refractivity contribution is 5.90. The van der Waals surface area contributed by atoms with Crippen LogP contribution in [0, 0.1) is 17.1 Å². The molecule has 1 aromatic carbocycles. The van der Waals surface area contributed by atoms with Crippen molar-refractivity contribution in [2.45, 2.75) is 25.0 Å². The lowest BCUT2D eigenvalue weighted by molar-refractivity contribution is -0.123. The van der Waals surface area contributed by atoms with Gasteiger partial charge in [0.15, 0.2) is 0 Å². The molecule has 2 aliphatic rings. The molecule has 1 aromatic rings. The molecule has 0 saturated carbocycles. The van der Waals surface area contributed by atoms with Crippen LogP contribution in [0.25, 0.3) is 0 Å². The van der Waals surface area contributed by atoms with E-state index in [4.69, 9.17) is 20.8 Å². The summed E-state index contributed by atoms with van der Waals surface area (Å²) in [5.41, 5.74) is 7.29. The number of allylic oxidation sites excluding steroid dienone is 1. The largest absolute Gasteiger partial charge is 0.442 e. The molecule has 2 saturated heterocycles. The molecule has 1 unspecified atom stereocenters. The van der Waals surface area contributed by atoms with Crippen LogP contribution in [-0.4, -0.2) is 62.0 Å². The number of anilines is 2. The fraction of sp³-hybridized carbons (Fsp3) is 0.450. The Balaban J connectivity index is 1.61. The Hall–Kier alpha value is -3.16. The Kier molecular flexibility index (Phi) is 6.87. The number of cyclic esters (lactones) is 1.